The highest BCUT2D eigenvalue weighted by Crippen LogP contribution is 2.24. The molecule has 1 N–H and O–H groups in total. The van der Waals surface area contributed by atoms with E-state index in [-0.39, 0.29) is 16.9 Å². The third-order valence-corrected chi connectivity index (χ3v) is 2.62. The third-order valence-electron chi connectivity index (χ3n) is 2.62. The maximum Gasteiger partial charge on any atom is 0.573 e. The van der Waals surface area contributed by atoms with Crippen molar-refractivity contribution in [3.63, 3.8) is 0 Å². The van der Waals surface area contributed by atoms with Crippen molar-refractivity contribution in [1.29, 1.82) is 0 Å². The number of ether oxygens (including phenoxy) is 1. The number of hydrogen-bond donors (Lipinski definition) is 1. The zero-order valence-corrected chi connectivity index (χ0v) is 10.3. The lowest BCUT2D eigenvalue weighted by Gasteiger charge is -2.09. The number of alkyl halides is 3. The van der Waals surface area contributed by atoms with Crippen LogP contribution in [0.3, 0.4) is 0 Å². The first-order valence-electron chi connectivity index (χ1n) is 5.72. The van der Waals surface area contributed by atoms with Gasteiger partial charge in [-0.2, -0.15) is 5.10 Å². The third kappa shape index (κ3) is 2.71. The van der Waals surface area contributed by atoms with Gasteiger partial charge >= 0.3 is 6.36 Å². The van der Waals surface area contributed by atoms with Crippen LogP contribution in [0.1, 0.15) is 0 Å². The number of nitrogens with zero attached hydrogens (tertiary/aromatic N) is 3. The molecule has 3 aromatic rings. The monoisotopic (exact) mass is 296 g/mol. The van der Waals surface area contributed by atoms with E-state index in [0.29, 0.717) is 0 Å². The summed E-state index contributed by atoms with van der Waals surface area (Å²) in [7, 11) is 0. The second-order valence-corrected chi connectivity index (χ2v) is 4.07. The molecule has 0 fully saturated rings. The first kappa shape index (κ1) is 13.2. The lowest BCUT2D eigenvalue weighted by molar-refractivity contribution is -0.274. The van der Waals surface area contributed by atoms with Crippen molar-refractivity contribution in [2.75, 3.05) is 0 Å². The molecule has 0 saturated carbocycles. The van der Waals surface area contributed by atoms with Gasteiger partial charge in [0.1, 0.15) is 5.75 Å². The molecule has 0 radical (unpaired) electrons. The summed E-state index contributed by atoms with van der Waals surface area (Å²) < 4.78 is 41.6. The summed E-state index contributed by atoms with van der Waals surface area (Å²) in [6.07, 6.45) is -1.74. The molecule has 0 atom stereocenters. The van der Waals surface area contributed by atoms with Gasteiger partial charge < -0.3 is 4.74 Å². The fraction of sp³-hybridized carbons (Fsp3) is 0.0833. The Balaban J connectivity index is 2.10. The van der Waals surface area contributed by atoms with E-state index in [2.05, 4.69) is 19.8 Å². The second kappa shape index (κ2) is 4.62. The molecule has 0 aliphatic heterocycles. The molecule has 2 aromatic heterocycles. The highest BCUT2D eigenvalue weighted by atomic mass is 19.4. The molecule has 108 valence electrons. The molecule has 0 saturated heterocycles. The molecule has 0 unspecified atom stereocenters. The number of rotatable bonds is 2. The lowest BCUT2D eigenvalue weighted by atomic mass is 10.2. The number of H-pyrrole nitrogens is 1. The van der Waals surface area contributed by atoms with E-state index in [9.17, 15) is 18.0 Å². The van der Waals surface area contributed by atoms with E-state index in [1.54, 1.807) is 12.3 Å². The molecule has 6 nitrogen and oxygen atoms in total. The Hall–Kier alpha value is -2.84. The minimum Gasteiger partial charge on any atom is -0.406 e. The average Bonchev–Trinajstić information content (AvgIpc) is 2.91. The second-order valence-electron chi connectivity index (χ2n) is 4.07. The van der Waals surface area contributed by atoms with Crippen LogP contribution in [-0.2, 0) is 0 Å². The molecule has 0 bridgehead atoms. The normalized spacial score (nSPS) is 11.8. The Morgan fingerprint density at radius 3 is 2.76 bits per heavy atom. The van der Waals surface area contributed by atoms with Gasteiger partial charge in [0, 0.05) is 12.4 Å². The van der Waals surface area contributed by atoms with Gasteiger partial charge in [-0.25, -0.2) is 9.67 Å². The summed E-state index contributed by atoms with van der Waals surface area (Å²) in [5.74, 6) is -0.309. The van der Waals surface area contributed by atoms with Crippen molar-refractivity contribution >= 4 is 10.9 Å². The maximum absolute atomic E-state index is 12.2. The molecule has 9 heteroatoms. The number of aromatic nitrogens is 4. The van der Waals surface area contributed by atoms with E-state index >= 15 is 0 Å². The largest absolute Gasteiger partial charge is 0.573 e. The van der Waals surface area contributed by atoms with Crippen LogP contribution in [0.15, 0.2) is 41.5 Å². The van der Waals surface area contributed by atoms with Crippen molar-refractivity contribution in [2.24, 2.45) is 0 Å². The van der Waals surface area contributed by atoms with Crippen molar-refractivity contribution in [1.82, 2.24) is 19.7 Å². The van der Waals surface area contributed by atoms with Crippen LogP contribution in [0.2, 0.25) is 0 Å². The highest BCUT2D eigenvalue weighted by Gasteiger charge is 2.31. The minimum absolute atomic E-state index is 0.00680. The Bertz CT molecular complexity index is 840. The van der Waals surface area contributed by atoms with Gasteiger partial charge in [-0.1, -0.05) is 0 Å². The predicted octanol–water partition coefficient (Wildman–Crippen LogP) is 2.01. The average molecular weight is 296 g/mol. The number of hydrogen-bond acceptors (Lipinski definition) is 4. The standard InChI is InChI=1S/C12H7F3N4O2/c13-12(14,15)21-7-2-3-9-8(6-7)10(20)18-11(17-9)19-5-1-4-16-19/h1-6H,(H,17,18,20). The fourth-order valence-electron chi connectivity index (χ4n) is 1.81. The summed E-state index contributed by atoms with van der Waals surface area (Å²) in [6, 6.07) is 5.00. The van der Waals surface area contributed by atoms with Crippen LogP contribution in [-0.4, -0.2) is 26.1 Å². The fourth-order valence-corrected chi connectivity index (χ4v) is 1.81. The summed E-state index contributed by atoms with van der Waals surface area (Å²) >= 11 is 0. The number of benzene rings is 1. The Labute approximate surface area is 114 Å². The van der Waals surface area contributed by atoms with Gasteiger partial charge in [-0.05, 0) is 24.3 Å². The molecule has 1 aromatic carbocycles. The summed E-state index contributed by atoms with van der Waals surface area (Å²) in [4.78, 5) is 18.5. The highest BCUT2D eigenvalue weighted by molar-refractivity contribution is 5.79. The molecule has 2 heterocycles. The first-order chi connectivity index (χ1) is 9.92. The minimum atomic E-state index is -4.82. The van der Waals surface area contributed by atoms with Crippen molar-refractivity contribution in [2.45, 2.75) is 6.36 Å². The van der Waals surface area contributed by atoms with Gasteiger partial charge in [0.25, 0.3) is 5.56 Å². The molecule has 0 amide bonds. The Kier molecular flexibility index (Phi) is 2.89. The topological polar surface area (TPSA) is 72.8 Å². The summed E-state index contributed by atoms with van der Waals surface area (Å²) in [5.41, 5.74) is -0.350. The van der Waals surface area contributed by atoms with Crippen LogP contribution < -0.4 is 10.3 Å². The number of aromatic amines is 1. The van der Waals surface area contributed by atoms with E-state index < -0.39 is 17.7 Å². The molecular weight excluding hydrogens is 289 g/mol. The quantitative estimate of drug-likeness (QED) is 0.785. The smallest absolute Gasteiger partial charge is 0.406 e. The molecule has 0 spiro atoms. The number of fused-ring (bicyclic) bond motifs is 1. The zero-order chi connectivity index (χ0) is 15.0. The molecule has 0 aliphatic rings. The van der Waals surface area contributed by atoms with Crippen molar-refractivity contribution < 1.29 is 17.9 Å². The van der Waals surface area contributed by atoms with Gasteiger partial charge in [-0.15, -0.1) is 13.2 Å². The van der Waals surface area contributed by atoms with E-state index in [1.807, 2.05) is 0 Å². The number of nitrogens with one attached hydrogen (secondary N) is 1. The zero-order valence-electron chi connectivity index (χ0n) is 10.3. The number of halogens is 3. The Morgan fingerprint density at radius 1 is 1.29 bits per heavy atom. The van der Waals surface area contributed by atoms with Crippen LogP contribution in [0.4, 0.5) is 13.2 Å². The van der Waals surface area contributed by atoms with Gasteiger partial charge in [0.05, 0.1) is 10.9 Å². The first-order valence-corrected chi connectivity index (χ1v) is 5.72. The summed E-state index contributed by atoms with van der Waals surface area (Å²) in [6.45, 7) is 0. The lowest BCUT2D eigenvalue weighted by Crippen LogP contribution is -2.18. The van der Waals surface area contributed by atoms with Crippen LogP contribution in [0.25, 0.3) is 16.9 Å². The van der Waals surface area contributed by atoms with E-state index in [4.69, 9.17) is 0 Å². The van der Waals surface area contributed by atoms with Gasteiger partial charge in [0.2, 0.25) is 5.95 Å². The van der Waals surface area contributed by atoms with Crippen LogP contribution in [0.5, 0.6) is 5.75 Å². The van der Waals surface area contributed by atoms with Crippen molar-refractivity contribution in [3.05, 3.63) is 47.0 Å². The SMILES string of the molecule is O=c1[nH]c(-n2cccn2)nc2ccc(OC(F)(F)F)cc12. The maximum atomic E-state index is 12.2. The van der Waals surface area contributed by atoms with E-state index in [0.717, 1.165) is 12.1 Å². The van der Waals surface area contributed by atoms with Crippen LogP contribution >= 0.6 is 0 Å². The predicted molar refractivity (Wildman–Crippen MR) is 66.2 cm³/mol. The molecule has 0 aliphatic carbocycles. The van der Waals surface area contributed by atoms with Gasteiger partial charge in [0.15, 0.2) is 0 Å². The molecule has 3 rings (SSSR count). The Morgan fingerprint density at radius 2 is 2.10 bits per heavy atom. The van der Waals surface area contributed by atoms with E-state index in [1.165, 1.54) is 16.9 Å². The van der Waals surface area contributed by atoms with Crippen molar-refractivity contribution in [3.8, 4) is 11.7 Å². The molecule has 21 heavy (non-hydrogen) atoms. The van der Waals surface area contributed by atoms with Gasteiger partial charge in [-0.3, -0.25) is 9.78 Å². The van der Waals surface area contributed by atoms with Crippen LogP contribution in [0, 0.1) is 0 Å². The molecular formula is C12H7F3N4O2. The summed E-state index contributed by atoms with van der Waals surface area (Å²) in [5, 5.41) is 3.90.